The van der Waals surface area contributed by atoms with Crippen LogP contribution in [0.5, 0.6) is 0 Å². The van der Waals surface area contributed by atoms with E-state index in [4.69, 9.17) is 0 Å². The van der Waals surface area contributed by atoms with Crippen molar-refractivity contribution in [1.82, 2.24) is 5.43 Å². The molecule has 0 bridgehead atoms. The molecule has 0 aliphatic heterocycles. The summed E-state index contributed by atoms with van der Waals surface area (Å²) in [4.78, 5) is 12.8. The lowest BCUT2D eigenvalue weighted by molar-refractivity contribution is -0.119. The van der Waals surface area contributed by atoms with E-state index in [1.807, 2.05) is 19.1 Å². The number of rotatable bonds is 7. The molecule has 1 aliphatic rings. The average Bonchev–Trinajstić information content (AvgIpc) is 3.05. The van der Waals surface area contributed by atoms with Gasteiger partial charge >= 0.3 is 0 Å². The number of carbonyl (C=O) groups excluding carboxylic acids is 1. The molecule has 1 aliphatic carbocycles. The molecule has 6 nitrogen and oxygen atoms in total. The Kier molecular flexibility index (Phi) is 7.63. The smallest absolute Gasteiger partial charge is 0.264 e. The molecule has 0 aromatic heterocycles. The predicted molar refractivity (Wildman–Crippen MR) is 120 cm³/mol. The van der Waals surface area contributed by atoms with E-state index in [1.165, 1.54) is 25.0 Å². The lowest BCUT2D eigenvalue weighted by atomic mass is 10.1. The van der Waals surface area contributed by atoms with Crippen molar-refractivity contribution in [2.75, 3.05) is 10.8 Å². The summed E-state index contributed by atoms with van der Waals surface area (Å²) in [5.41, 5.74) is 5.10. The second kappa shape index (κ2) is 10.4. The Morgan fingerprint density at radius 2 is 1.60 bits per heavy atom. The molecule has 0 unspecified atom stereocenters. The fourth-order valence-corrected chi connectivity index (χ4v) is 4.93. The summed E-state index contributed by atoms with van der Waals surface area (Å²) in [5.74, 6) is -0.453. The van der Waals surface area contributed by atoms with E-state index in [9.17, 15) is 13.2 Å². The quantitative estimate of drug-likeness (QED) is 0.529. The first-order chi connectivity index (χ1) is 14.5. The maximum absolute atomic E-state index is 13.3. The zero-order valence-electron chi connectivity index (χ0n) is 17.4. The number of amides is 1. The lowest BCUT2D eigenvalue weighted by Crippen LogP contribution is -2.39. The van der Waals surface area contributed by atoms with Gasteiger partial charge in [-0.1, -0.05) is 50.1 Å². The van der Waals surface area contributed by atoms with Crippen LogP contribution >= 0.6 is 0 Å². The van der Waals surface area contributed by atoms with Crippen molar-refractivity contribution < 1.29 is 13.2 Å². The minimum atomic E-state index is -3.89. The number of hydrazone groups is 1. The number of sulfonamides is 1. The molecule has 7 heteroatoms. The molecule has 0 atom stereocenters. The summed E-state index contributed by atoms with van der Waals surface area (Å²) < 4.78 is 27.7. The van der Waals surface area contributed by atoms with Crippen molar-refractivity contribution in [2.24, 2.45) is 5.10 Å². The second-order valence-corrected chi connectivity index (χ2v) is 9.33. The third-order valence-electron chi connectivity index (χ3n) is 5.27. The molecule has 1 saturated carbocycles. The average molecular weight is 428 g/mol. The van der Waals surface area contributed by atoms with E-state index in [0.29, 0.717) is 5.69 Å². The number of hydrogen-bond acceptors (Lipinski definition) is 4. The maximum Gasteiger partial charge on any atom is 0.264 e. The van der Waals surface area contributed by atoms with E-state index >= 15 is 0 Å². The largest absolute Gasteiger partial charge is 0.271 e. The van der Waals surface area contributed by atoms with Gasteiger partial charge in [0.05, 0.1) is 10.6 Å². The third-order valence-corrected chi connectivity index (χ3v) is 7.06. The van der Waals surface area contributed by atoms with Crippen LogP contribution in [0.2, 0.25) is 0 Å². The molecular formula is C23H29N3O3S. The van der Waals surface area contributed by atoms with Crippen molar-refractivity contribution >= 4 is 27.3 Å². The molecule has 160 valence electrons. The van der Waals surface area contributed by atoms with Gasteiger partial charge in [0.2, 0.25) is 0 Å². The summed E-state index contributed by atoms with van der Waals surface area (Å²) >= 11 is 0. The molecular weight excluding hydrogens is 398 g/mol. The lowest BCUT2D eigenvalue weighted by Gasteiger charge is -2.24. The highest BCUT2D eigenvalue weighted by molar-refractivity contribution is 7.92. The van der Waals surface area contributed by atoms with E-state index < -0.39 is 15.9 Å². The summed E-state index contributed by atoms with van der Waals surface area (Å²) in [6.07, 6.45) is 7.13. The molecule has 1 fully saturated rings. The highest BCUT2D eigenvalue weighted by Gasteiger charge is 2.27. The van der Waals surface area contributed by atoms with Gasteiger partial charge in [-0.25, -0.2) is 13.8 Å². The SMILES string of the molecule is CCc1ccc(N(CC(=O)NN=C2CCCCCC2)S(=O)(=O)c2ccccc2)cc1. The van der Waals surface area contributed by atoms with Crippen LogP contribution in [0.25, 0.3) is 0 Å². The number of carbonyl (C=O) groups is 1. The highest BCUT2D eigenvalue weighted by Crippen LogP contribution is 2.24. The predicted octanol–water partition coefficient (Wildman–Crippen LogP) is 4.27. The molecule has 0 radical (unpaired) electrons. The molecule has 1 amide bonds. The highest BCUT2D eigenvalue weighted by atomic mass is 32.2. The standard InChI is InChI=1S/C23H29N3O3S/c1-2-19-14-16-21(17-15-19)26(30(28,29)22-12-8-5-9-13-22)18-23(27)25-24-20-10-6-3-4-7-11-20/h5,8-9,12-17H,2-4,6-7,10-11,18H2,1H3,(H,25,27). The van der Waals surface area contributed by atoms with Crippen molar-refractivity contribution in [2.45, 2.75) is 56.8 Å². The number of nitrogens with zero attached hydrogens (tertiary/aromatic N) is 2. The van der Waals surface area contributed by atoms with E-state index in [-0.39, 0.29) is 11.4 Å². The van der Waals surface area contributed by atoms with Gasteiger partial charge in [-0.3, -0.25) is 9.10 Å². The number of aryl methyl sites for hydroxylation is 1. The van der Waals surface area contributed by atoms with Crippen molar-refractivity contribution in [3.63, 3.8) is 0 Å². The summed E-state index contributed by atoms with van der Waals surface area (Å²) in [7, 11) is -3.89. The minimum Gasteiger partial charge on any atom is -0.271 e. The van der Waals surface area contributed by atoms with Crippen LogP contribution in [0.3, 0.4) is 0 Å². The Morgan fingerprint density at radius 1 is 0.967 bits per heavy atom. The molecule has 2 aromatic carbocycles. The normalized spacial score (nSPS) is 14.6. The molecule has 2 aromatic rings. The van der Waals surface area contributed by atoms with Gasteiger partial charge in [0.25, 0.3) is 15.9 Å². The molecule has 1 N–H and O–H groups in total. The van der Waals surface area contributed by atoms with E-state index in [2.05, 4.69) is 10.5 Å². The van der Waals surface area contributed by atoms with Crippen molar-refractivity contribution in [3.8, 4) is 0 Å². The van der Waals surface area contributed by atoms with Gasteiger partial charge in [-0.15, -0.1) is 0 Å². The number of anilines is 1. The fourth-order valence-electron chi connectivity index (χ4n) is 3.49. The van der Waals surface area contributed by atoms with Crippen LogP contribution in [0.4, 0.5) is 5.69 Å². The van der Waals surface area contributed by atoms with E-state index in [1.54, 1.807) is 30.3 Å². The zero-order valence-corrected chi connectivity index (χ0v) is 18.2. The Balaban J connectivity index is 1.83. The van der Waals surface area contributed by atoms with Gasteiger partial charge < -0.3 is 0 Å². The molecule has 30 heavy (non-hydrogen) atoms. The van der Waals surface area contributed by atoms with Crippen LogP contribution in [0, 0.1) is 0 Å². The van der Waals surface area contributed by atoms with Crippen LogP contribution < -0.4 is 9.73 Å². The first kappa shape index (κ1) is 22.0. The Bertz CT molecular complexity index is 961. The molecule has 0 heterocycles. The Morgan fingerprint density at radius 3 is 2.20 bits per heavy atom. The number of nitrogens with one attached hydrogen (secondary N) is 1. The third kappa shape index (κ3) is 5.69. The molecule has 0 saturated heterocycles. The Hall–Kier alpha value is -2.67. The van der Waals surface area contributed by atoms with Crippen LogP contribution in [-0.4, -0.2) is 26.6 Å². The van der Waals surface area contributed by atoms with Crippen molar-refractivity contribution in [1.29, 1.82) is 0 Å². The molecule has 3 rings (SSSR count). The first-order valence-electron chi connectivity index (χ1n) is 10.5. The zero-order chi connectivity index (χ0) is 21.4. The van der Waals surface area contributed by atoms with Gasteiger partial charge in [-0.05, 0) is 61.9 Å². The van der Waals surface area contributed by atoms with Crippen LogP contribution in [0.1, 0.15) is 51.0 Å². The Labute approximate surface area is 179 Å². The summed E-state index contributed by atoms with van der Waals surface area (Å²) in [6.45, 7) is 1.70. The summed E-state index contributed by atoms with van der Waals surface area (Å²) in [6, 6.07) is 15.4. The monoisotopic (exact) mass is 427 g/mol. The van der Waals surface area contributed by atoms with Crippen LogP contribution in [0.15, 0.2) is 64.6 Å². The van der Waals surface area contributed by atoms with Crippen molar-refractivity contribution in [3.05, 3.63) is 60.2 Å². The maximum atomic E-state index is 13.3. The first-order valence-corrected chi connectivity index (χ1v) is 12.0. The van der Waals surface area contributed by atoms with Gasteiger partial charge in [0.1, 0.15) is 6.54 Å². The van der Waals surface area contributed by atoms with E-state index in [0.717, 1.165) is 47.7 Å². The molecule has 0 spiro atoms. The van der Waals surface area contributed by atoms with Crippen LogP contribution in [-0.2, 0) is 21.2 Å². The van der Waals surface area contributed by atoms with Gasteiger partial charge in [0.15, 0.2) is 0 Å². The topological polar surface area (TPSA) is 78.8 Å². The number of hydrogen-bond donors (Lipinski definition) is 1. The number of benzene rings is 2. The fraction of sp³-hybridized carbons (Fsp3) is 0.391. The van der Waals surface area contributed by atoms with Gasteiger partial charge in [-0.2, -0.15) is 5.10 Å². The second-order valence-electron chi connectivity index (χ2n) is 7.47. The summed E-state index contributed by atoms with van der Waals surface area (Å²) in [5, 5.41) is 4.27. The minimum absolute atomic E-state index is 0.146. The van der Waals surface area contributed by atoms with Gasteiger partial charge in [0, 0.05) is 5.71 Å².